The highest BCUT2D eigenvalue weighted by Gasteiger charge is 2.13. The SMILES string of the molecule is COc1ccc(OCc2ccc(Br)cc2F)c(C(=O)O)c1. The Morgan fingerprint density at radius 3 is 2.67 bits per heavy atom. The molecule has 0 atom stereocenters. The van der Waals surface area contributed by atoms with Gasteiger partial charge in [-0.1, -0.05) is 22.0 Å². The van der Waals surface area contributed by atoms with E-state index >= 15 is 0 Å². The molecule has 2 rings (SSSR count). The van der Waals surface area contributed by atoms with E-state index < -0.39 is 11.8 Å². The second kappa shape index (κ2) is 6.58. The standard InChI is InChI=1S/C15H12BrFO4/c1-20-11-4-5-14(12(7-11)15(18)19)21-8-9-2-3-10(16)6-13(9)17/h2-7H,8H2,1H3,(H,18,19). The fourth-order valence-corrected chi connectivity index (χ4v) is 2.06. The first kappa shape index (κ1) is 15.3. The number of carboxylic acid groups (broad SMARTS) is 1. The van der Waals surface area contributed by atoms with Crippen LogP contribution in [0.2, 0.25) is 0 Å². The van der Waals surface area contributed by atoms with Gasteiger partial charge in [0.15, 0.2) is 0 Å². The monoisotopic (exact) mass is 354 g/mol. The number of methoxy groups -OCH3 is 1. The molecule has 0 fully saturated rings. The summed E-state index contributed by atoms with van der Waals surface area (Å²) in [6.45, 7) is -0.0638. The van der Waals surface area contributed by atoms with Crippen molar-refractivity contribution in [2.75, 3.05) is 7.11 Å². The van der Waals surface area contributed by atoms with Gasteiger partial charge in [-0.05, 0) is 30.3 Å². The van der Waals surface area contributed by atoms with Gasteiger partial charge in [-0.2, -0.15) is 0 Å². The van der Waals surface area contributed by atoms with Gasteiger partial charge in [-0.25, -0.2) is 9.18 Å². The van der Waals surface area contributed by atoms with Gasteiger partial charge in [0, 0.05) is 10.0 Å². The minimum Gasteiger partial charge on any atom is -0.497 e. The van der Waals surface area contributed by atoms with Gasteiger partial charge in [0.2, 0.25) is 0 Å². The van der Waals surface area contributed by atoms with Gasteiger partial charge in [-0.3, -0.25) is 0 Å². The highest BCUT2D eigenvalue weighted by atomic mass is 79.9. The number of ether oxygens (including phenoxy) is 2. The Morgan fingerprint density at radius 2 is 2.05 bits per heavy atom. The molecule has 0 aliphatic carbocycles. The maximum atomic E-state index is 13.7. The zero-order chi connectivity index (χ0) is 15.4. The Kier molecular flexibility index (Phi) is 4.80. The second-order valence-electron chi connectivity index (χ2n) is 4.19. The average Bonchev–Trinajstić information content (AvgIpc) is 2.46. The summed E-state index contributed by atoms with van der Waals surface area (Å²) in [5.41, 5.74) is 0.303. The Bertz CT molecular complexity index is 673. The van der Waals surface area contributed by atoms with E-state index in [1.165, 1.54) is 25.3 Å². The molecule has 0 saturated heterocycles. The normalized spacial score (nSPS) is 10.2. The lowest BCUT2D eigenvalue weighted by molar-refractivity contribution is 0.0691. The first-order valence-electron chi connectivity index (χ1n) is 5.99. The Labute approximate surface area is 129 Å². The summed E-state index contributed by atoms with van der Waals surface area (Å²) < 4.78 is 24.7. The topological polar surface area (TPSA) is 55.8 Å². The number of halogens is 2. The lowest BCUT2D eigenvalue weighted by Crippen LogP contribution is -2.05. The predicted molar refractivity (Wildman–Crippen MR) is 78.4 cm³/mol. The van der Waals surface area contributed by atoms with E-state index in [0.717, 1.165) is 0 Å². The molecule has 2 aromatic rings. The van der Waals surface area contributed by atoms with E-state index in [1.54, 1.807) is 18.2 Å². The fourth-order valence-electron chi connectivity index (χ4n) is 1.72. The molecule has 110 valence electrons. The molecule has 0 spiro atoms. The van der Waals surface area contributed by atoms with Crippen LogP contribution in [0.3, 0.4) is 0 Å². The van der Waals surface area contributed by atoms with Crippen molar-refractivity contribution in [3.63, 3.8) is 0 Å². The van der Waals surface area contributed by atoms with Gasteiger partial charge in [-0.15, -0.1) is 0 Å². The lowest BCUT2D eigenvalue weighted by Gasteiger charge is -2.11. The van der Waals surface area contributed by atoms with E-state index in [-0.39, 0.29) is 17.9 Å². The summed E-state index contributed by atoms with van der Waals surface area (Å²) in [6, 6.07) is 9.01. The first-order chi connectivity index (χ1) is 10.0. The zero-order valence-electron chi connectivity index (χ0n) is 11.1. The third-order valence-electron chi connectivity index (χ3n) is 2.82. The van der Waals surface area contributed by atoms with Crippen LogP contribution in [0.25, 0.3) is 0 Å². The minimum absolute atomic E-state index is 0.0353. The summed E-state index contributed by atoms with van der Waals surface area (Å²) in [5.74, 6) is -0.991. The molecule has 0 unspecified atom stereocenters. The van der Waals surface area contributed by atoms with E-state index in [4.69, 9.17) is 14.6 Å². The molecular formula is C15H12BrFO4. The number of rotatable bonds is 5. The molecule has 0 aromatic heterocycles. The van der Waals surface area contributed by atoms with Crippen LogP contribution in [0.4, 0.5) is 4.39 Å². The number of hydrogen-bond donors (Lipinski definition) is 1. The molecule has 1 N–H and O–H groups in total. The van der Waals surface area contributed by atoms with Crippen LogP contribution in [-0.2, 0) is 6.61 Å². The number of carboxylic acids is 1. The van der Waals surface area contributed by atoms with Crippen molar-refractivity contribution in [3.05, 3.63) is 57.8 Å². The van der Waals surface area contributed by atoms with Crippen LogP contribution < -0.4 is 9.47 Å². The van der Waals surface area contributed by atoms with E-state index in [1.807, 2.05) is 0 Å². The fraction of sp³-hybridized carbons (Fsp3) is 0.133. The Balaban J connectivity index is 2.21. The van der Waals surface area contributed by atoms with Crippen LogP contribution in [0.5, 0.6) is 11.5 Å². The highest BCUT2D eigenvalue weighted by molar-refractivity contribution is 9.10. The van der Waals surface area contributed by atoms with Crippen molar-refractivity contribution in [1.82, 2.24) is 0 Å². The molecule has 4 nitrogen and oxygen atoms in total. The number of carbonyl (C=O) groups is 1. The van der Waals surface area contributed by atoms with Crippen molar-refractivity contribution in [2.24, 2.45) is 0 Å². The third kappa shape index (κ3) is 3.72. The molecule has 0 amide bonds. The third-order valence-corrected chi connectivity index (χ3v) is 3.31. The summed E-state index contributed by atoms with van der Waals surface area (Å²) in [6.07, 6.45) is 0. The molecule has 0 bridgehead atoms. The zero-order valence-corrected chi connectivity index (χ0v) is 12.7. The molecular weight excluding hydrogens is 343 g/mol. The van der Waals surface area contributed by atoms with E-state index in [0.29, 0.717) is 15.8 Å². The highest BCUT2D eigenvalue weighted by Crippen LogP contribution is 2.25. The van der Waals surface area contributed by atoms with Crippen LogP contribution >= 0.6 is 15.9 Å². The number of aromatic carboxylic acids is 1. The van der Waals surface area contributed by atoms with E-state index in [2.05, 4.69) is 15.9 Å². The molecule has 0 heterocycles. The average molecular weight is 355 g/mol. The molecule has 0 saturated carbocycles. The Hall–Kier alpha value is -2.08. The maximum Gasteiger partial charge on any atom is 0.339 e. The second-order valence-corrected chi connectivity index (χ2v) is 5.11. The van der Waals surface area contributed by atoms with Crippen LogP contribution in [-0.4, -0.2) is 18.2 Å². The van der Waals surface area contributed by atoms with Gasteiger partial charge < -0.3 is 14.6 Å². The Morgan fingerprint density at radius 1 is 1.29 bits per heavy atom. The predicted octanol–water partition coefficient (Wildman–Crippen LogP) is 3.87. The van der Waals surface area contributed by atoms with Crippen molar-refractivity contribution in [2.45, 2.75) is 6.61 Å². The molecule has 21 heavy (non-hydrogen) atoms. The summed E-state index contributed by atoms with van der Waals surface area (Å²) in [7, 11) is 1.44. The van der Waals surface area contributed by atoms with Gasteiger partial charge in [0.1, 0.15) is 29.5 Å². The minimum atomic E-state index is -1.14. The maximum absolute atomic E-state index is 13.7. The van der Waals surface area contributed by atoms with E-state index in [9.17, 15) is 9.18 Å². The summed E-state index contributed by atoms with van der Waals surface area (Å²) in [4.78, 5) is 11.2. The molecule has 2 aromatic carbocycles. The summed E-state index contributed by atoms with van der Waals surface area (Å²) in [5, 5.41) is 9.16. The van der Waals surface area contributed by atoms with Gasteiger partial charge in [0.25, 0.3) is 0 Å². The molecule has 6 heteroatoms. The lowest BCUT2D eigenvalue weighted by atomic mass is 10.2. The van der Waals surface area contributed by atoms with Crippen LogP contribution in [0.15, 0.2) is 40.9 Å². The molecule has 0 radical (unpaired) electrons. The van der Waals surface area contributed by atoms with Crippen LogP contribution in [0, 0.1) is 5.82 Å². The van der Waals surface area contributed by atoms with Crippen molar-refractivity contribution in [3.8, 4) is 11.5 Å². The number of hydrogen-bond acceptors (Lipinski definition) is 3. The smallest absolute Gasteiger partial charge is 0.339 e. The largest absolute Gasteiger partial charge is 0.497 e. The quantitative estimate of drug-likeness (QED) is 0.885. The van der Waals surface area contributed by atoms with Gasteiger partial charge >= 0.3 is 5.97 Å². The first-order valence-corrected chi connectivity index (χ1v) is 6.78. The summed E-state index contributed by atoms with van der Waals surface area (Å²) >= 11 is 3.17. The van der Waals surface area contributed by atoms with Crippen molar-refractivity contribution >= 4 is 21.9 Å². The number of benzene rings is 2. The van der Waals surface area contributed by atoms with Gasteiger partial charge in [0.05, 0.1) is 7.11 Å². The molecule has 0 aliphatic rings. The van der Waals surface area contributed by atoms with Crippen molar-refractivity contribution in [1.29, 1.82) is 0 Å². The molecule has 0 aliphatic heterocycles. The van der Waals surface area contributed by atoms with Crippen molar-refractivity contribution < 1.29 is 23.8 Å². The van der Waals surface area contributed by atoms with Crippen LogP contribution in [0.1, 0.15) is 15.9 Å².